The summed E-state index contributed by atoms with van der Waals surface area (Å²) in [4.78, 5) is 14.8. The second-order valence-electron chi connectivity index (χ2n) is 7.11. The molecule has 1 atom stereocenters. The van der Waals surface area contributed by atoms with Crippen LogP contribution in [0.15, 0.2) is 0 Å². The fourth-order valence-corrected chi connectivity index (χ4v) is 5.34. The van der Waals surface area contributed by atoms with Gasteiger partial charge in [-0.25, -0.2) is 8.42 Å². The molecule has 0 aromatic heterocycles. The van der Waals surface area contributed by atoms with Gasteiger partial charge in [-0.05, 0) is 44.9 Å². The maximum Gasteiger partial charge on any atom is 0.226 e. The minimum absolute atomic E-state index is 0.0262. The average Bonchev–Trinajstić information content (AvgIpc) is 2.68. The Bertz CT molecular complexity index is 458. The van der Waals surface area contributed by atoms with E-state index in [1.54, 1.807) is 0 Å². The number of likely N-dealkylation sites (tertiary alicyclic amines) is 1. The van der Waals surface area contributed by atoms with Gasteiger partial charge in [0.1, 0.15) is 9.84 Å². The summed E-state index contributed by atoms with van der Waals surface area (Å²) in [7, 11) is -2.89. The van der Waals surface area contributed by atoms with Crippen LogP contribution in [0, 0.1) is 11.8 Å². The molecule has 20 heavy (non-hydrogen) atoms. The molecule has 0 N–H and O–H groups in total. The van der Waals surface area contributed by atoms with Crippen LogP contribution in [-0.4, -0.2) is 42.8 Å². The third-order valence-electron chi connectivity index (χ3n) is 4.77. The van der Waals surface area contributed by atoms with Crippen LogP contribution < -0.4 is 0 Å². The second-order valence-corrected chi connectivity index (χ2v) is 9.42. The topological polar surface area (TPSA) is 54.5 Å². The molecule has 0 saturated carbocycles. The summed E-state index contributed by atoms with van der Waals surface area (Å²) in [5.74, 6) is 1.04. The maximum atomic E-state index is 12.7. The van der Waals surface area contributed by atoms with Crippen LogP contribution in [0.25, 0.3) is 0 Å². The van der Waals surface area contributed by atoms with Crippen molar-refractivity contribution in [1.29, 1.82) is 0 Å². The SMILES string of the molecule is CC(C)CC1(C)CCCN1C(=O)C1CCS(=O)(=O)CC1. The van der Waals surface area contributed by atoms with Crippen molar-refractivity contribution in [3.63, 3.8) is 0 Å². The minimum atomic E-state index is -2.89. The summed E-state index contributed by atoms with van der Waals surface area (Å²) in [6, 6.07) is 0. The largest absolute Gasteiger partial charge is 0.337 e. The summed E-state index contributed by atoms with van der Waals surface area (Å²) >= 11 is 0. The van der Waals surface area contributed by atoms with Crippen molar-refractivity contribution in [2.45, 2.75) is 58.4 Å². The molecule has 2 heterocycles. The van der Waals surface area contributed by atoms with E-state index < -0.39 is 9.84 Å². The first-order valence-electron chi connectivity index (χ1n) is 7.75. The standard InChI is InChI=1S/C15H27NO3S/c1-12(2)11-15(3)7-4-8-16(15)14(17)13-5-9-20(18,19)10-6-13/h12-13H,4-11H2,1-3H3. The molecule has 1 amide bonds. The van der Waals surface area contributed by atoms with Gasteiger partial charge in [-0.3, -0.25) is 4.79 Å². The summed E-state index contributed by atoms with van der Waals surface area (Å²) in [5, 5.41) is 0. The van der Waals surface area contributed by atoms with E-state index in [0.29, 0.717) is 18.8 Å². The molecule has 116 valence electrons. The van der Waals surface area contributed by atoms with Gasteiger partial charge in [0, 0.05) is 18.0 Å². The third-order valence-corrected chi connectivity index (χ3v) is 6.48. The molecular weight excluding hydrogens is 274 g/mol. The maximum absolute atomic E-state index is 12.7. The number of nitrogens with zero attached hydrogens (tertiary/aromatic N) is 1. The van der Waals surface area contributed by atoms with E-state index >= 15 is 0 Å². The van der Waals surface area contributed by atoms with Crippen molar-refractivity contribution in [3.05, 3.63) is 0 Å². The van der Waals surface area contributed by atoms with E-state index in [1.807, 2.05) is 0 Å². The Morgan fingerprint density at radius 1 is 1.30 bits per heavy atom. The highest BCUT2D eigenvalue weighted by molar-refractivity contribution is 7.91. The molecule has 2 rings (SSSR count). The van der Waals surface area contributed by atoms with Crippen LogP contribution in [0.2, 0.25) is 0 Å². The summed E-state index contributed by atoms with van der Waals surface area (Å²) < 4.78 is 23.0. The van der Waals surface area contributed by atoms with Gasteiger partial charge in [-0.15, -0.1) is 0 Å². The number of amides is 1. The molecule has 0 bridgehead atoms. The van der Waals surface area contributed by atoms with Gasteiger partial charge in [-0.1, -0.05) is 13.8 Å². The second kappa shape index (κ2) is 5.66. The number of rotatable bonds is 3. The zero-order chi connectivity index (χ0) is 15.0. The van der Waals surface area contributed by atoms with Crippen molar-refractivity contribution in [1.82, 2.24) is 4.90 Å². The van der Waals surface area contributed by atoms with E-state index in [2.05, 4.69) is 25.7 Å². The monoisotopic (exact) mass is 301 g/mol. The highest BCUT2D eigenvalue weighted by Gasteiger charge is 2.42. The molecule has 0 spiro atoms. The Hall–Kier alpha value is -0.580. The highest BCUT2D eigenvalue weighted by atomic mass is 32.2. The summed E-state index contributed by atoms with van der Waals surface area (Å²) in [6.45, 7) is 7.42. The molecule has 0 radical (unpaired) electrons. The van der Waals surface area contributed by atoms with Crippen LogP contribution in [-0.2, 0) is 14.6 Å². The van der Waals surface area contributed by atoms with Gasteiger partial charge in [0.05, 0.1) is 11.5 Å². The van der Waals surface area contributed by atoms with Crippen LogP contribution in [0.5, 0.6) is 0 Å². The number of sulfone groups is 1. The minimum Gasteiger partial charge on any atom is -0.337 e. The molecule has 0 aromatic carbocycles. The zero-order valence-electron chi connectivity index (χ0n) is 12.9. The van der Waals surface area contributed by atoms with Crippen molar-refractivity contribution >= 4 is 15.7 Å². The molecule has 1 unspecified atom stereocenters. The van der Waals surface area contributed by atoms with Crippen LogP contribution in [0.1, 0.15) is 52.9 Å². The first kappa shape index (κ1) is 15.8. The van der Waals surface area contributed by atoms with Crippen molar-refractivity contribution < 1.29 is 13.2 Å². The molecule has 5 heteroatoms. The van der Waals surface area contributed by atoms with E-state index in [9.17, 15) is 13.2 Å². The lowest BCUT2D eigenvalue weighted by atomic mass is 9.87. The number of hydrogen-bond donors (Lipinski definition) is 0. The van der Waals surface area contributed by atoms with Gasteiger partial charge >= 0.3 is 0 Å². The van der Waals surface area contributed by atoms with Gasteiger partial charge in [0.2, 0.25) is 5.91 Å². The molecule has 2 fully saturated rings. The Morgan fingerprint density at radius 2 is 1.90 bits per heavy atom. The molecule has 2 saturated heterocycles. The summed E-state index contributed by atoms with van der Waals surface area (Å²) in [6.07, 6.45) is 4.19. The van der Waals surface area contributed by atoms with E-state index in [1.165, 1.54) is 0 Å². The van der Waals surface area contributed by atoms with Gasteiger partial charge < -0.3 is 4.90 Å². The first-order valence-corrected chi connectivity index (χ1v) is 9.57. The number of hydrogen-bond acceptors (Lipinski definition) is 3. The molecule has 2 aliphatic rings. The zero-order valence-corrected chi connectivity index (χ0v) is 13.7. The fourth-order valence-electron chi connectivity index (χ4n) is 3.85. The highest BCUT2D eigenvalue weighted by Crippen LogP contribution is 2.37. The molecular formula is C15H27NO3S. The Labute approximate surface area is 122 Å². The Morgan fingerprint density at radius 3 is 2.45 bits per heavy atom. The van der Waals surface area contributed by atoms with E-state index in [-0.39, 0.29) is 28.9 Å². The average molecular weight is 301 g/mol. The Balaban J connectivity index is 2.05. The first-order chi connectivity index (χ1) is 9.23. The lowest BCUT2D eigenvalue weighted by Crippen LogP contribution is -2.49. The Kier molecular flexibility index (Phi) is 4.47. The predicted octanol–water partition coefficient (Wildman–Crippen LogP) is 2.24. The predicted molar refractivity (Wildman–Crippen MR) is 80.2 cm³/mol. The third kappa shape index (κ3) is 3.35. The quantitative estimate of drug-likeness (QED) is 0.803. The van der Waals surface area contributed by atoms with E-state index in [4.69, 9.17) is 0 Å². The molecule has 4 nitrogen and oxygen atoms in total. The molecule has 0 aromatic rings. The van der Waals surface area contributed by atoms with Crippen molar-refractivity contribution in [2.75, 3.05) is 18.1 Å². The summed E-state index contributed by atoms with van der Waals surface area (Å²) in [5.41, 5.74) is -0.0262. The van der Waals surface area contributed by atoms with Crippen LogP contribution in [0.3, 0.4) is 0 Å². The lowest BCUT2D eigenvalue weighted by molar-refractivity contribution is -0.140. The molecule has 0 aliphatic carbocycles. The fraction of sp³-hybridized carbons (Fsp3) is 0.933. The molecule has 2 aliphatic heterocycles. The smallest absolute Gasteiger partial charge is 0.226 e. The number of carbonyl (C=O) groups is 1. The van der Waals surface area contributed by atoms with Crippen LogP contribution >= 0.6 is 0 Å². The number of carbonyl (C=O) groups excluding carboxylic acids is 1. The van der Waals surface area contributed by atoms with Gasteiger partial charge in [0.15, 0.2) is 0 Å². The normalized spacial score (nSPS) is 30.9. The van der Waals surface area contributed by atoms with Gasteiger partial charge in [0.25, 0.3) is 0 Å². The van der Waals surface area contributed by atoms with Crippen molar-refractivity contribution in [2.24, 2.45) is 11.8 Å². The lowest BCUT2D eigenvalue weighted by Gasteiger charge is -2.39. The van der Waals surface area contributed by atoms with Crippen molar-refractivity contribution in [3.8, 4) is 0 Å². The van der Waals surface area contributed by atoms with Crippen LogP contribution in [0.4, 0.5) is 0 Å². The van der Waals surface area contributed by atoms with Gasteiger partial charge in [-0.2, -0.15) is 0 Å². The van der Waals surface area contributed by atoms with E-state index in [0.717, 1.165) is 25.8 Å².